The van der Waals surface area contributed by atoms with E-state index in [4.69, 9.17) is 15.6 Å². The molecule has 1 aromatic heterocycles. The molecule has 12 heteroatoms. The van der Waals surface area contributed by atoms with Crippen molar-refractivity contribution in [3.63, 3.8) is 0 Å². The molecule has 4 rings (SSSR count). The lowest BCUT2D eigenvalue weighted by Gasteiger charge is -2.36. The zero-order chi connectivity index (χ0) is 20.8. The van der Waals surface area contributed by atoms with Crippen LogP contribution in [-0.4, -0.2) is 81.7 Å². The van der Waals surface area contributed by atoms with Crippen molar-refractivity contribution < 1.29 is 14.7 Å². The van der Waals surface area contributed by atoms with Crippen LogP contribution in [-0.2, 0) is 9.59 Å². The Bertz CT molecular complexity index is 877. The predicted octanol–water partition coefficient (Wildman–Crippen LogP) is -0.258. The number of thioether (sulfide) groups is 1. The van der Waals surface area contributed by atoms with Gasteiger partial charge in [0.05, 0.1) is 6.42 Å². The van der Waals surface area contributed by atoms with Gasteiger partial charge in [-0.25, -0.2) is 0 Å². The molecule has 0 atom stereocenters. The van der Waals surface area contributed by atoms with Crippen LogP contribution in [0, 0.1) is 0 Å². The molecule has 1 saturated heterocycles. The summed E-state index contributed by atoms with van der Waals surface area (Å²) in [5, 5.41) is 9.95. The Labute approximate surface area is 171 Å². The van der Waals surface area contributed by atoms with Crippen LogP contribution in [0.1, 0.15) is 12.8 Å². The van der Waals surface area contributed by atoms with Crippen LogP contribution in [0.5, 0.6) is 0 Å². The molecule has 29 heavy (non-hydrogen) atoms. The van der Waals surface area contributed by atoms with Crippen LogP contribution < -0.4 is 16.2 Å². The second kappa shape index (κ2) is 9.45. The number of nitrogens with one attached hydrogen (secondary N) is 1. The van der Waals surface area contributed by atoms with E-state index >= 15 is 0 Å². The number of amides is 1. The van der Waals surface area contributed by atoms with Crippen LogP contribution in [0.4, 0.5) is 11.8 Å². The number of H-pyrrole nitrogens is 1. The van der Waals surface area contributed by atoms with Crippen LogP contribution in [0.25, 0.3) is 0 Å². The van der Waals surface area contributed by atoms with Gasteiger partial charge in [0.2, 0.25) is 11.9 Å². The van der Waals surface area contributed by atoms with Crippen LogP contribution in [0.3, 0.4) is 0 Å². The fraction of sp³-hybridized carbons (Fsp3) is 0.471. The zero-order valence-corrected chi connectivity index (χ0v) is 16.6. The Balaban J connectivity index is 0.000000755. The zero-order valence-electron chi connectivity index (χ0n) is 15.8. The third-order valence-electron chi connectivity index (χ3n) is 4.70. The molecule has 0 aromatic carbocycles. The maximum Gasteiger partial charge on any atom is 0.290 e. The fourth-order valence-electron chi connectivity index (χ4n) is 3.35. The minimum Gasteiger partial charge on any atom is -0.483 e. The van der Waals surface area contributed by atoms with E-state index in [0.717, 1.165) is 30.4 Å². The Morgan fingerprint density at radius 2 is 2.03 bits per heavy atom. The minimum atomic E-state index is -0.268. The summed E-state index contributed by atoms with van der Waals surface area (Å²) in [6, 6.07) is 1.44. The summed E-state index contributed by atoms with van der Waals surface area (Å²) in [5.41, 5.74) is 6.38. The first kappa shape index (κ1) is 20.7. The molecular formula is C17H23N7O4S. The van der Waals surface area contributed by atoms with Gasteiger partial charge in [-0.1, -0.05) is 11.8 Å². The van der Waals surface area contributed by atoms with Gasteiger partial charge in [0.15, 0.2) is 5.17 Å². The number of aliphatic imine (C=N–C) groups is 1. The highest BCUT2D eigenvalue weighted by Crippen LogP contribution is 2.31. The average Bonchev–Trinajstić information content (AvgIpc) is 3.11. The first-order valence-electron chi connectivity index (χ1n) is 9.17. The molecule has 0 unspecified atom stereocenters. The SMILES string of the molecule is Nc1nc(N2CCN(C(=O)CC3=CSC4=NCCCN34)CC2)cc(=O)[nH]1.O=CO. The molecule has 0 aliphatic carbocycles. The normalized spacial score (nSPS) is 18.3. The molecule has 0 radical (unpaired) electrons. The van der Waals surface area contributed by atoms with Crippen LogP contribution in [0.2, 0.25) is 0 Å². The van der Waals surface area contributed by atoms with Crippen molar-refractivity contribution in [1.82, 2.24) is 19.8 Å². The van der Waals surface area contributed by atoms with E-state index in [2.05, 4.69) is 19.9 Å². The number of aromatic amines is 1. The molecule has 11 nitrogen and oxygen atoms in total. The fourth-order valence-corrected chi connectivity index (χ4v) is 4.30. The van der Waals surface area contributed by atoms with E-state index in [1.165, 1.54) is 6.07 Å². The lowest BCUT2D eigenvalue weighted by molar-refractivity contribution is -0.131. The molecule has 1 aromatic rings. The molecule has 0 bridgehead atoms. The van der Waals surface area contributed by atoms with E-state index in [-0.39, 0.29) is 23.9 Å². The van der Waals surface area contributed by atoms with E-state index in [9.17, 15) is 9.59 Å². The number of nitrogen functional groups attached to an aromatic ring is 1. The summed E-state index contributed by atoms with van der Waals surface area (Å²) >= 11 is 1.61. The van der Waals surface area contributed by atoms with Crippen molar-refractivity contribution in [2.24, 2.45) is 4.99 Å². The van der Waals surface area contributed by atoms with E-state index in [0.29, 0.717) is 38.4 Å². The topological polar surface area (TPSA) is 148 Å². The second-order valence-electron chi connectivity index (χ2n) is 6.54. The number of fused-ring (bicyclic) bond motifs is 1. The van der Waals surface area contributed by atoms with Crippen molar-refractivity contribution in [3.8, 4) is 0 Å². The number of anilines is 2. The molecule has 3 aliphatic heterocycles. The average molecular weight is 421 g/mol. The van der Waals surface area contributed by atoms with Gasteiger partial charge >= 0.3 is 0 Å². The number of rotatable bonds is 3. The molecule has 4 N–H and O–H groups in total. The lowest BCUT2D eigenvalue weighted by Crippen LogP contribution is -2.49. The van der Waals surface area contributed by atoms with Crippen molar-refractivity contribution in [1.29, 1.82) is 0 Å². The van der Waals surface area contributed by atoms with Crippen molar-refractivity contribution in [2.75, 3.05) is 49.9 Å². The number of hydrogen-bond acceptors (Lipinski definition) is 9. The summed E-state index contributed by atoms with van der Waals surface area (Å²) in [4.78, 5) is 49.7. The number of piperazine rings is 1. The number of nitrogens with zero attached hydrogens (tertiary/aromatic N) is 5. The number of carbonyl (C=O) groups is 2. The largest absolute Gasteiger partial charge is 0.483 e. The maximum absolute atomic E-state index is 12.7. The highest BCUT2D eigenvalue weighted by Gasteiger charge is 2.29. The molecule has 1 fully saturated rings. The number of hydrogen-bond donors (Lipinski definition) is 3. The number of carboxylic acid groups (broad SMARTS) is 1. The summed E-state index contributed by atoms with van der Waals surface area (Å²) < 4.78 is 0. The molecule has 4 heterocycles. The monoisotopic (exact) mass is 421 g/mol. The quantitative estimate of drug-likeness (QED) is 0.561. The van der Waals surface area contributed by atoms with E-state index < -0.39 is 0 Å². The number of nitrogens with two attached hydrogens (primary N) is 1. The highest BCUT2D eigenvalue weighted by atomic mass is 32.2. The Hall–Kier alpha value is -3.02. The Morgan fingerprint density at radius 3 is 2.72 bits per heavy atom. The first-order valence-corrected chi connectivity index (χ1v) is 10.0. The first-order chi connectivity index (χ1) is 14.0. The summed E-state index contributed by atoms with van der Waals surface area (Å²) in [6.07, 6.45) is 1.43. The van der Waals surface area contributed by atoms with Gasteiger partial charge in [-0.15, -0.1) is 0 Å². The number of aromatic nitrogens is 2. The van der Waals surface area contributed by atoms with Gasteiger partial charge in [0, 0.05) is 51.0 Å². The van der Waals surface area contributed by atoms with Gasteiger partial charge < -0.3 is 25.5 Å². The summed E-state index contributed by atoms with van der Waals surface area (Å²) in [5.74, 6) is 0.791. The summed E-state index contributed by atoms with van der Waals surface area (Å²) in [6.45, 7) is 4.03. The molecular weight excluding hydrogens is 398 g/mol. The van der Waals surface area contributed by atoms with Crippen LogP contribution in [0.15, 0.2) is 27.0 Å². The predicted molar refractivity (Wildman–Crippen MR) is 111 cm³/mol. The van der Waals surface area contributed by atoms with Crippen molar-refractivity contribution in [2.45, 2.75) is 12.8 Å². The summed E-state index contributed by atoms with van der Waals surface area (Å²) in [7, 11) is 0. The van der Waals surface area contributed by atoms with E-state index in [1.807, 2.05) is 15.2 Å². The highest BCUT2D eigenvalue weighted by molar-refractivity contribution is 8.16. The second-order valence-corrected chi connectivity index (χ2v) is 7.37. The van der Waals surface area contributed by atoms with Gasteiger partial charge in [-0.2, -0.15) is 4.98 Å². The van der Waals surface area contributed by atoms with Gasteiger partial charge in [-0.3, -0.25) is 24.4 Å². The smallest absolute Gasteiger partial charge is 0.290 e. The molecule has 1 amide bonds. The maximum atomic E-state index is 12.7. The van der Waals surface area contributed by atoms with Gasteiger partial charge in [-0.05, 0) is 11.8 Å². The molecule has 0 saturated carbocycles. The van der Waals surface area contributed by atoms with Gasteiger partial charge in [0.25, 0.3) is 12.0 Å². The Kier molecular flexibility index (Phi) is 6.75. The number of carbonyl (C=O) groups excluding carboxylic acids is 1. The van der Waals surface area contributed by atoms with E-state index in [1.54, 1.807) is 11.8 Å². The lowest BCUT2D eigenvalue weighted by atomic mass is 10.2. The number of amidine groups is 1. The minimum absolute atomic E-state index is 0.107. The van der Waals surface area contributed by atoms with Crippen molar-refractivity contribution >= 4 is 41.1 Å². The van der Waals surface area contributed by atoms with Crippen LogP contribution >= 0.6 is 11.8 Å². The third kappa shape index (κ3) is 5.08. The third-order valence-corrected chi connectivity index (χ3v) is 5.65. The molecule has 0 spiro atoms. The van der Waals surface area contributed by atoms with Gasteiger partial charge in [0.1, 0.15) is 5.82 Å². The van der Waals surface area contributed by atoms with Crippen molar-refractivity contribution in [3.05, 3.63) is 27.5 Å². The standard InChI is InChI=1S/C16H21N7O2S.CH2O2/c17-15-19-12(9-13(24)20-15)21-4-6-22(7-5-21)14(25)8-11-10-26-16-18-2-1-3-23(11)16;2-1-3/h9-10H,1-8H2,(H3,17,19,20,24);1H,(H,2,3). The molecule has 156 valence electrons. The molecule has 3 aliphatic rings. The Morgan fingerprint density at radius 1 is 1.31 bits per heavy atom.